The van der Waals surface area contributed by atoms with Crippen LogP contribution in [0.5, 0.6) is 5.75 Å². The van der Waals surface area contributed by atoms with Crippen molar-refractivity contribution >= 4 is 27.5 Å². The number of rotatable bonds is 8. The molecule has 2 amide bonds. The van der Waals surface area contributed by atoms with Crippen LogP contribution < -0.4 is 10.1 Å². The van der Waals surface area contributed by atoms with Crippen LogP contribution in [0.3, 0.4) is 0 Å². The first-order valence-electron chi connectivity index (χ1n) is 12.3. The Hall–Kier alpha value is -3.02. The molecule has 0 spiro atoms. The molecule has 1 fully saturated rings. The summed E-state index contributed by atoms with van der Waals surface area (Å²) in [5.74, 6) is -1.04. The highest BCUT2D eigenvalue weighted by atomic mass is 32.2. The van der Waals surface area contributed by atoms with Crippen LogP contribution in [0.2, 0.25) is 0 Å². The van der Waals surface area contributed by atoms with Crippen molar-refractivity contribution in [3.63, 3.8) is 0 Å². The Kier molecular flexibility index (Phi) is 7.86. The normalized spacial score (nSPS) is 21.0. The third kappa shape index (κ3) is 5.94. The Bertz CT molecular complexity index is 1270. The second-order valence-corrected chi connectivity index (χ2v) is 11.9. The van der Waals surface area contributed by atoms with Crippen molar-refractivity contribution < 1.29 is 32.2 Å². The lowest BCUT2D eigenvalue weighted by Gasteiger charge is -2.38. The number of halogens is 1. The van der Waals surface area contributed by atoms with Gasteiger partial charge in [0.1, 0.15) is 17.7 Å². The molecule has 1 aliphatic carbocycles. The van der Waals surface area contributed by atoms with Gasteiger partial charge in [0.15, 0.2) is 0 Å². The van der Waals surface area contributed by atoms with Gasteiger partial charge >= 0.3 is 0 Å². The highest BCUT2D eigenvalue weighted by Gasteiger charge is 2.36. The van der Waals surface area contributed by atoms with Crippen LogP contribution in [0.15, 0.2) is 47.4 Å². The van der Waals surface area contributed by atoms with Crippen LogP contribution in [0.1, 0.15) is 37.0 Å². The fraction of sp³-hybridized carbons (Fsp3) is 0.462. The zero-order valence-electron chi connectivity index (χ0n) is 21.1. The first-order chi connectivity index (χ1) is 17.5. The van der Waals surface area contributed by atoms with Gasteiger partial charge < -0.3 is 20.1 Å². The van der Waals surface area contributed by atoms with Gasteiger partial charge in [0.05, 0.1) is 29.7 Å². The Balaban J connectivity index is 1.64. The van der Waals surface area contributed by atoms with Crippen LogP contribution in [0.25, 0.3) is 0 Å². The molecule has 0 aromatic heterocycles. The van der Waals surface area contributed by atoms with Gasteiger partial charge in [0.2, 0.25) is 15.9 Å². The number of carbonyl (C=O) groups excluding carboxylic acids is 2. The molecule has 2 aromatic rings. The lowest BCUT2D eigenvalue weighted by atomic mass is 9.99. The minimum absolute atomic E-state index is 0.0105. The minimum atomic E-state index is -3.93. The maximum Gasteiger partial charge on any atom is 0.258 e. The van der Waals surface area contributed by atoms with Crippen molar-refractivity contribution in [1.29, 1.82) is 0 Å². The maximum atomic E-state index is 13.5. The van der Waals surface area contributed by atoms with Crippen LogP contribution >= 0.6 is 0 Å². The van der Waals surface area contributed by atoms with Gasteiger partial charge in [-0.05, 0) is 62.2 Å². The van der Waals surface area contributed by atoms with Crippen molar-refractivity contribution in [3.05, 3.63) is 53.8 Å². The summed E-state index contributed by atoms with van der Waals surface area (Å²) < 4.78 is 46.9. The number of nitrogens with zero attached hydrogens (tertiary/aromatic N) is 2. The van der Waals surface area contributed by atoms with E-state index >= 15 is 0 Å². The van der Waals surface area contributed by atoms with E-state index in [0.717, 1.165) is 29.3 Å². The third-order valence-electron chi connectivity index (χ3n) is 6.84. The minimum Gasteiger partial charge on any atom is -0.488 e. The summed E-state index contributed by atoms with van der Waals surface area (Å²) in [6.45, 7) is 3.51. The van der Waals surface area contributed by atoms with Crippen LogP contribution in [0, 0.1) is 17.7 Å². The zero-order chi connectivity index (χ0) is 26.9. The molecule has 9 nitrogen and oxygen atoms in total. The Morgan fingerprint density at radius 3 is 2.54 bits per heavy atom. The van der Waals surface area contributed by atoms with Crippen LogP contribution in [-0.2, 0) is 14.8 Å². The average molecular weight is 534 g/mol. The Labute approximate surface area is 216 Å². The Morgan fingerprint density at radius 1 is 1.24 bits per heavy atom. The SMILES string of the molecule is C[C@@H]1CN([C@H](C)CO)C(=O)c2cc(NC(=O)C3CC3)ccc2O[C@H]1CN(C)S(=O)(=O)c1ccc(F)cc1. The number of aliphatic hydroxyl groups excluding tert-OH is 1. The summed E-state index contributed by atoms with van der Waals surface area (Å²) >= 11 is 0. The largest absolute Gasteiger partial charge is 0.488 e. The number of ether oxygens (including phenoxy) is 1. The summed E-state index contributed by atoms with van der Waals surface area (Å²) in [7, 11) is -2.51. The number of likely N-dealkylation sites (N-methyl/N-ethyl adjacent to an activating group) is 1. The molecule has 2 aliphatic rings. The number of fused-ring (bicyclic) bond motifs is 1. The second-order valence-electron chi connectivity index (χ2n) is 9.84. The van der Waals surface area contributed by atoms with Gasteiger partial charge in [-0.25, -0.2) is 12.8 Å². The molecule has 2 N–H and O–H groups in total. The topological polar surface area (TPSA) is 116 Å². The number of nitrogens with one attached hydrogen (secondary N) is 1. The molecule has 200 valence electrons. The van der Waals surface area contributed by atoms with Gasteiger partial charge in [-0.3, -0.25) is 9.59 Å². The molecule has 1 saturated carbocycles. The molecule has 1 aliphatic heterocycles. The molecule has 2 aromatic carbocycles. The van der Waals surface area contributed by atoms with Gasteiger partial charge in [-0.15, -0.1) is 0 Å². The predicted octanol–water partition coefficient (Wildman–Crippen LogP) is 2.72. The number of anilines is 1. The highest BCUT2D eigenvalue weighted by Crippen LogP contribution is 2.33. The van der Waals surface area contributed by atoms with Gasteiger partial charge in [-0.2, -0.15) is 4.31 Å². The lowest BCUT2D eigenvalue weighted by molar-refractivity contribution is -0.117. The predicted molar refractivity (Wildman–Crippen MR) is 135 cm³/mol. The molecule has 11 heteroatoms. The quantitative estimate of drug-likeness (QED) is 0.539. The van der Waals surface area contributed by atoms with E-state index in [1.165, 1.54) is 19.2 Å². The van der Waals surface area contributed by atoms with Crippen molar-refractivity contribution in [3.8, 4) is 5.75 Å². The summed E-state index contributed by atoms with van der Waals surface area (Å²) in [6.07, 6.45) is 1.04. The average Bonchev–Trinajstić information content (AvgIpc) is 3.72. The number of hydrogen-bond acceptors (Lipinski definition) is 6. The monoisotopic (exact) mass is 533 g/mol. The number of benzene rings is 2. The Morgan fingerprint density at radius 2 is 1.92 bits per heavy atom. The summed E-state index contributed by atoms with van der Waals surface area (Å²) in [6, 6.07) is 8.90. The summed E-state index contributed by atoms with van der Waals surface area (Å²) in [5, 5.41) is 12.6. The third-order valence-corrected chi connectivity index (χ3v) is 8.68. The van der Waals surface area contributed by atoms with Gasteiger partial charge in [0.25, 0.3) is 5.91 Å². The molecular formula is C26H32FN3O6S. The van der Waals surface area contributed by atoms with E-state index in [2.05, 4.69) is 5.32 Å². The molecular weight excluding hydrogens is 501 g/mol. The van der Waals surface area contributed by atoms with E-state index < -0.39 is 28.0 Å². The van der Waals surface area contributed by atoms with E-state index in [1.54, 1.807) is 30.0 Å². The van der Waals surface area contributed by atoms with Crippen molar-refractivity contribution in [2.45, 2.75) is 43.7 Å². The van der Waals surface area contributed by atoms with E-state index in [9.17, 15) is 27.5 Å². The van der Waals surface area contributed by atoms with Crippen LogP contribution in [0.4, 0.5) is 10.1 Å². The molecule has 0 bridgehead atoms. The fourth-order valence-corrected chi connectivity index (χ4v) is 5.43. The first kappa shape index (κ1) is 27.0. The van der Waals surface area contributed by atoms with Crippen molar-refractivity contribution in [1.82, 2.24) is 9.21 Å². The fourth-order valence-electron chi connectivity index (χ4n) is 4.25. The summed E-state index contributed by atoms with van der Waals surface area (Å²) in [4.78, 5) is 27.3. The maximum absolute atomic E-state index is 13.5. The van der Waals surface area contributed by atoms with Gasteiger partial charge in [-0.1, -0.05) is 6.92 Å². The molecule has 3 atom stereocenters. The van der Waals surface area contributed by atoms with Crippen molar-refractivity contribution in [2.75, 3.05) is 32.1 Å². The number of carbonyl (C=O) groups is 2. The number of amides is 2. The standard InChI is InChI=1S/C26H32FN3O6S/c1-16-13-30(17(2)15-31)26(33)22-12-20(28-25(32)18-4-5-18)8-11-23(22)36-24(16)14-29(3)37(34,35)21-9-6-19(27)7-10-21/h6-12,16-18,24,31H,4-5,13-15H2,1-3H3,(H,28,32)/t16-,17-,24+/m1/s1. The van der Waals surface area contributed by atoms with Crippen LogP contribution in [-0.4, -0.2) is 73.4 Å². The molecule has 4 rings (SSSR count). The number of hydrogen-bond donors (Lipinski definition) is 2. The molecule has 0 radical (unpaired) electrons. The molecule has 1 heterocycles. The first-order valence-corrected chi connectivity index (χ1v) is 13.7. The van der Waals surface area contributed by atoms with E-state index in [1.807, 2.05) is 6.92 Å². The van der Waals surface area contributed by atoms with E-state index in [4.69, 9.17) is 4.74 Å². The highest BCUT2D eigenvalue weighted by molar-refractivity contribution is 7.89. The summed E-state index contributed by atoms with van der Waals surface area (Å²) in [5.41, 5.74) is 0.681. The number of aliphatic hydroxyl groups is 1. The molecule has 0 unspecified atom stereocenters. The molecule has 37 heavy (non-hydrogen) atoms. The second kappa shape index (κ2) is 10.8. The van der Waals surface area contributed by atoms with Crippen molar-refractivity contribution in [2.24, 2.45) is 11.8 Å². The van der Waals surface area contributed by atoms with E-state index in [0.29, 0.717) is 5.69 Å². The molecule has 0 saturated heterocycles. The zero-order valence-corrected chi connectivity index (χ0v) is 21.9. The smallest absolute Gasteiger partial charge is 0.258 e. The van der Waals surface area contributed by atoms with Gasteiger partial charge in [0, 0.05) is 31.1 Å². The lowest BCUT2D eigenvalue weighted by Crippen LogP contribution is -2.50. The van der Waals surface area contributed by atoms with E-state index in [-0.39, 0.29) is 59.6 Å². The number of sulfonamides is 1.